The SMILES string of the molecule is COC(=O)NC(CCSC)(Cc1cccc(C#N)c1)C(=O)O. The van der Waals surface area contributed by atoms with Gasteiger partial charge < -0.3 is 15.2 Å². The highest BCUT2D eigenvalue weighted by atomic mass is 32.2. The first-order chi connectivity index (χ1) is 10.5. The summed E-state index contributed by atoms with van der Waals surface area (Å²) in [5.74, 6) is -0.567. The van der Waals surface area contributed by atoms with Gasteiger partial charge in [-0.05, 0) is 36.1 Å². The van der Waals surface area contributed by atoms with Crippen LogP contribution in [0.15, 0.2) is 24.3 Å². The summed E-state index contributed by atoms with van der Waals surface area (Å²) in [6.07, 6.45) is 1.39. The number of thioether (sulfide) groups is 1. The first-order valence-corrected chi connectivity index (χ1v) is 7.94. The van der Waals surface area contributed by atoms with Crippen molar-refractivity contribution >= 4 is 23.8 Å². The third-order valence-corrected chi connectivity index (χ3v) is 3.84. The minimum absolute atomic E-state index is 0.0769. The number of benzene rings is 1. The number of rotatable bonds is 7. The molecule has 0 fully saturated rings. The highest BCUT2D eigenvalue weighted by molar-refractivity contribution is 7.98. The molecular formula is C15H18N2O4S. The fraction of sp³-hybridized carbons (Fsp3) is 0.400. The monoisotopic (exact) mass is 322 g/mol. The van der Waals surface area contributed by atoms with Crippen molar-refractivity contribution in [2.75, 3.05) is 19.1 Å². The van der Waals surface area contributed by atoms with Crippen molar-refractivity contribution in [3.8, 4) is 6.07 Å². The Kier molecular flexibility index (Phi) is 6.73. The molecule has 0 bridgehead atoms. The molecule has 0 aliphatic heterocycles. The Morgan fingerprint density at radius 1 is 1.50 bits per heavy atom. The van der Waals surface area contributed by atoms with Gasteiger partial charge >= 0.3 is 12.1 Å². The number of aliphatic carboxylic acids is 1. The standard InChI is InChI=1S/C15H18N2O4S/c1-21-14(20)17-15(13(18)19,6-7-22-2)9-11-4-3-5-12(8-11)10-16/h3-5,8H,6-7,9H2,1-2H3,(H,17,20)(H,18,19). The quantitative estimate of drug-likeness (QED) is 0.797. The molecule has 2 N–H and O–H groups in total. The lowest BCUT2D eigenvalue weighted by Crippen LogP contribution is -2.56. The molecule has 0 saturated heterocycles. The van der Waals surface area contributed by atoms with Gasteiger partial charge in [-0.15, -0.1) is 0 Å². The maximum Gasteiger partial charge on any atom is 0.407 e. The second kappa shape index (κ2) is 8.29. The third kappa shape index (κ3) is 4.67. The summed E-state index contributed by atoms with van der Waals surface area (Å²) in [5, 5.41) is 21.0. The number of nitriles is 1. The van der Waals surface area contributed by atoms with Gasteiger partial charge in [0.25, 0.3) is 0 Å². The molecule has 0 radical (unpaired) electrons. The van der Waals surface area contributed by atoms with Gasteiger partial charge in [0, 0.05) is 6.42 Å². The van der Waals surface area contributed by atoms with Crippen molar-refractivity contribution in [3.63, 3.8) is 0 Å². The van der Waals surface area contributed by atoms with E-state index in [4.69, 9.17) is 5.26 Å². The van der Waals surface area contributed by atoms with E-state index >= 15 is 0 Å². The molecule has 0 aliphatic rings. The maximum atomic E-state index is 11.8. The van der Waals surface area contributed by atoms with E-state index in [0.717, 1.165) is 0 Å². The van der Waals surface area contributed by atoms with Gasteiger partial charge in [-0.3, -0.25) is 0 Å². The lowest BCUT2D eigenvalue weighted by molar-refractivity contribution is -0.144. The van der Waals surface area contributed by atoms with Crippen LogP contribution in [0.25, 0.3) is 0 Å². The number of amides is 1. The summed E-state index contributed by atoms with van der Waals surface area (Å²) < 4.78 is 4.55. The molecule has 1 unspecified atom stereocenters. The number of ether oxygens (including phenoxy) is 1. The minimum Gasteiger partial charge on any atom is -0.479 e. The van der Waals surface area contributed by atoms with Crippen LogP contribution >= 0.6 is 11.8 Å². The summed E-state index contributed by atoms with van der Waals surface area (Å²) >= 11 is 1.49. The van der Waals surface area contributed by atoms with Gasteiger partial charge in [0.15, 0.2) is 0 Å². The van der Waals surface area contributed by atoms with Crippen LogP contribution in [-0.4, -0.2) is 41.8 Å². The highest BCUT2D eigenvalue weighted by Gasteiger charge is 2.40. The van der Waals surface area contributed by atoms with Crippen LogP contribution in [0.5, 0.6) is 0 Å². The smallest absolute Gasteiger partial charge is 0.407 e. The number of alkyl carbamates (subject to hydrolysis) is 1. The van der Waals surface area contributed by atoms with Gasteiger partial charge in [0.1, 0.15) is 5.54 Å². The molecule has 0 heterocycles. The zero-order chi connectivity index (χ0) is 16.6. The number of carbonyl (C=O) groups excluding carboxylic acids is 1. The molecule has 1 amide bonds. The number of methoxy groups -OCH3 is 1. The second-order valence-electron chi connectivity index (χ2n) is 4.74. The largest absolute Gasteiger partial charge is 0.479 e. The van der Waals surface area contributed by atoms with Gasteiger partial charge in [-0.25, -0.2) is 9.59 Å². The Balaban J connectivity index is 3.13. The van der Waals surface area contributed by atoms with E-state index < -0.39 is 17.6 Å². The molecule has 7 heteroatoms. The summed E-state index contributed by atoms with van der Waals surface area (Å²) in [7, 11) is 1.19. The van der Waals surface area contributed by atoms with Crippen molar-refractivity contribution < 1.29 is 19.4 Å². The molecule has 0 aromatic heterocycles. The van der Waals surface area contributed by atoms with Crippen LogP contribution in [0.4, 0.5) is 4.79 Å². The van der Waals surface area contributed by atoms with Crippen molar-refractivity contribution in [1.82, 2.24) is 5.32 Å². The molecule has 6 nitrogen and oxygen atoms in total. The predicted octanol–water partition coefficient (Wildman–Crippen LogP) is 2.03. The molecule has 1 aromatic carbocycles. The molecule has 1 aromatic rings. The highest BCUT2D eigenvalue weighted by Crippen LogP contribution is 2.21. The summed E-state index contributed by atoms with van der Waals surface area (Å²) in [5.41, 5.74) is -0.358. The predicted molar refractivity (Wildman–Crippen MR) is 83.8 cm³/mol. The molecule has 1 rings (SSSR count). The first kappa shape index (κ1) is 17.9. The van der Waals surface area contributed by atoms with Gasteiger partial charge in [-0.1, -0.05) is 12.1 Å². The Bertz CT molecular complexity index is 585. The van der Waals surface area contributed by atoms with E-state index in [1.807, 2.05) is 12.3 Å². The Hall–Kier alpha value is -2.20. The van der Waals surface area contributed by atoms with Crippen LogP contribution in [0.1, 0.15) is 17.5 Å². The lowest BCUT2D eigenvalue weighted by Gasteiger charge is -2.30. The van der Waals surface area contributed by atoms with Crippen LogP contribution < -0.4 is 5.32 Å². The molecule has 1 atom stereocenters. The molecular weight excluding hydrogens is 304 g/mol. The Morgan fingerprint density at radius 2 is 2.23 bits per heavy atom. The lowest BCUT2D eigenvalue weighted by atomic mass is 9.87. The molecule has 118 valence electrons. The number of carboxylic acid groups (broad SMARTS) is 1. The van der Waals surface area contributed by atoms with Crippen molar-refractivity contribution in [1.29, 1.82) is 5.26 Å². The minimum atomic E-state index is -1.47. The number of hydrogen-bond donors (Lipinski definition) is 2. The van der Waals surface area contributed by atoms with Crippen LogP contribution in [0, 0.1) is 11.3 Å². The molecule has 0 saturated carbocycles. The summed E-state index contributed by atoms with van der Waals surface area (Å²) in [6, 6.07) is 8.70. The van der Waals surface area contributed by atoms with E-state index in [9.17, 15) is 14.7 Å². The average molecular weight is 322 g/mol. The normalized spacial score (nSPS) is 12.8. The Morgan fingerprint density at radius 3 is 2.77 bits per heavy atom. The van der Waals surface area contributed by atoms with Gasteiger partial charge in [0.05, 0.1) is 18.7 Å². The number of carboxylic acids is 1. The zero-order valence-corrected chi connectivity index (χ0v) is 13.3. The van der Waals surface area contributed by atoms with Crippen molar-refractivity contribution in [2.24, 2.45) is 0 Å². The zero-order valence-electron chi connectivity index (χ0n) is 12.5. The number of carbonyl (C=O) groups is 2. The summed E-state index contributed by atoms with van der Waals surface area (Å²) in [6.45, 7) is 0. The number of hydrogen-bond acceptors (Lipinski definition) is 5. The molecule has 0 aliphatic carbocycles. The van der Waals surface area contributed by atoms with E-state index in [0.29, 0.717) is 16.9 Å². The van der Waals surface area contributed by atoms with E-state index in [-0.39, 0.29) is 12.8 Å². The third-order valence-electron chi connectivity index (χ3n) is 3.23. The van der Waals surface area contributed by atoms with Crippen LogP contribution in [0.3, 0.4) is 0 Å². The van der Waals surface area contributed by atoms with E-state index in [2.05, 4.69) is 10.1 Å². The maximum absolute atomic E-state index is 11.8. The van der Waals surface area contributed by atoms with E-state index in [1.54, 1.807) is 24.3 Å². The molecule has 22 heavy (non-hydrogen) atoms. The Labute approximate surface area is 133 Å². The van der Waals surface area contributed by atoms with Crippen LogP contribution in [0.2, 0.25) is 0 Å². The number of nitrogens with zero attached hydrogens (tertiary/aromatic N) is 1. The fourth-order valence-electron chi connectivity index (χ4n) is 2.05. The second-order valence-corrected chi connectivity index (χ2v) is 5.72. The number of nitrogens with one attached hydrogen (secondary N) is 1. The van der Waals surface area contributed by atoms with Crippen LogP contribution in [-0.2, 0) is 16.0 Å². The summed E-state index contributed by atoms with van der Waals surface area (Å²) in [4.78, 5) is 23.3. The topological polar surface area (TPSA) is 99.4 Å². The van der Waals surface area contributed by atoms with Crippen molar-refractivity contribution in [2.45, 2.75) is 18.4 Å². The van der Waals surface area contributed by atoms with Gasteiger partial charge in [0.2, 0.25) is 0 Å². The first-order valence-electron chi connectivity index (χ1n) is 6.55. The fourth-order valence-corrected chi connectivity index (χ4v) is 2.61. The molecule has 0 spiro atoms. The average Bonchev–Trinajstić information content (AvgIpc) is 2.52. The van der Waals surface area contributed by atoms with E-state index in [1.165, 1.54) is 18.9 Å². The van der Waals surface area contributed by atoms with Crippen molar-refractivity contribution in [3.05, 3.63) is 35.4 Å². The van der Waals surface area contributed by atoms with Gasteiger partial charge in [-0.2, -0.15) is 17.0 Å².